The van der Waals surface area contributed by atoms with Crippen LogP contribution in [0.5, 0.6) is 0 Å². The predicted octanol–water partition coefficient (Wildman–Crippen LogP) is 2.63. The van der Waals surface area contributed by atoms with Gasteiger partial charge in [0, 0.05) is 13.1 Å². The van der Waals surface area contributed by atoms with E-state index in [0.717, 1.165) is 13.1 Å². The molecule has 1 aliphatic heterocycles. The molecule has 1 nitrogen and oxygen atoms in total. The molecule has 2 rings (SSSR count). The van der Waals surface area contributed by atoms with Crippen molar-refractivity contribution in [2.75, 3.05) is 13.1 Å². The van der Waals surface area contributed by atoms with Gasteiger partial charge in [-0.3, -0.25) is 0 Å². The fourth-order valence-electron chi connectivity index (χ4n) is 1.71. The lowest BCUT2D eigenvalue weighted by molar-refractivity contribution is 0.556. The lowest BCUT2D eigenvalue weighted by Crippen LogP contribution is -2.06. The van der Waals surface area contributed by atoms with Crippen LogP contribution in [0, 0.1) is 0 Å². The van der Waals surface area contributed by atoms with E-state index in [0.29, 0.717) is 5.92 Å². The average Bonchev–Trinajstić information content (AvgIpc) is 2.54. The molecule has 1 aromatic carbocycles. The van der Waals surface area contributed by atoms with Gasteiger partial charge in [0.05, 0.1) is 0 Å². The summed E-state index contributed by atoms with van der Waals surface area (Å²) in [6.07, 6.45) is 1.19. The largest absolute Gasteiger partial charge is 0.220 e. The molecule has 1 fully saturated rings. The Bertz CT molecular complexity index is 247. The average molecular weight is 182 g/mol. The zero-order chi connectivity index (χ0) is 8.39. The minimum Gasteiger partial charge on any atom is -0.220 e. The Morgan fingerprint density at radius 1 is 1.25 bits per heavy atom. The molecule has 0 N–H and O–H groups in total. The molecule has 0 unspecified atom stereocenters. The Labute approximate surface area is 78.1 Å². The van der Waals surface area contributed by atoms with Crippen LogP contribution in [0.3, 0.4) is 0 Å². The van der Waals surface area contributed by atoms with Gasteiger partial charge >= 0.3 is 0 Å². The van der Waals surface area contributed by atoms with Gasteiger partial charge in [0.1, 0.15) is 0 Å². The van der Waals surface area contributed by atoms with E-state index < -0.39 is 0 Å². The first-order valence-electron chi connectivity index (χ1n) is 4.32. The fourth-order valence-corrected chi connectivity index (χ4v) is 1.98. The Kier molecular flexibility index (Phi) is 2.33. The van der Waals surface area contributed by atoms with Gasteiger partial charge < -0.3 is 0 Å². The third-order valence-corrected chi connectivity index (χ3v) is 2.72. The van der Waals surface area contributed by atoms with Crippen molar-refractivity contribution in [3.63, 3.8) is 0 Å². The lowest BCUT2D eigenvalue weighted by Gasteiger charge is -2.08. The van der Waals surface area contributed by atoms with Gasteiger partial charge in [-0.15, -0.1) is 0 Å². The van der Waals surface area contributed by atoms with E-state index in [1.165, 1.54) is 12.0 Å². The first-order chi connectivity index (χ1) is 5.86. The summed E-state index contributed by atoms with van der Waals surface area (Å²) in [7, 11) is 0. The molecule has 0 aliphatic carbocycles. The number of nitrogens with zero attached hydrogens (tertiary/aromatic N) is 1. The van der Waals surface area contributed by atoms with E-state index in [2.05, 4.69) is 30.3 Å². The molecule has 0 aromatic heterocycles. The van der Waals surface area contributed by atoms with Gasteiger partial charge in [0.2, 0.25) is 0 Å². The van der Waals surface area contributed by atoms with E-state index in [1.54, 1.807) is 0 Å². The standard InChI is InChI=1S/C10H12ClN/c11-12-7-6-10(8-12)9-4-2-1-3-5-9/h1-5,10H,6-8H2/t10-/m0/s1. The van der Waals surface area contributed by atoms with Crippen LogP contribution in [-0.4, -0.2) is 17.5 Å². The van der Waals surface area contributed by atoms with Crippen molar-refractivity contribution >= 4 is 11.8 Å². The molecule has 1 saturated heterocycles. The Morgan fingerprint density at radius 2 is 2.00 bits per heavy atom. The molecule has 0 radical (unpaired) electrons. The smallest absolute Gasteiger partial charge is 0.0208 e. The number of benzene rings is 1. The zero-order valence-electron chi connectivity index (χ0n) is 6.91. The van der Waals surface area contributed by atoms with Gasteiger partial charge in [0.15, 0.2) is 0 Å². The van der Waals surface area contributed by atoms with Crippen molar-refractivity contribution in [2.24, 2.45) is 0 Å². The molecule has 12 heavy (non-hydrogen) atoms. The summed E-state index contributed by atoms with van der Waals surface area (Å²) in [5, 5.41) is 0. The van der Waals surface area contributed by atoms with Crippen LogP contribution in [0.4, 0.5) is 0 Å². The monoisotopic (exact) mass is 181 g/mol. The van der Waals surface area contributed by atoms with Crippen molar-refractivity contribution in [3.8, 4) is 0 Å². The van der Waals surface area contributed by atoms with Gasteiger partial charge in [-0.05, 0) is 29.7 Å². The maximum Gasteiger partial charge on any atom is 0.0208 e. The topological polar surface area (TPSA) is 3.24 Å². The predicted molar refractivity (Wildman–Crippen MR) is 51.2 cm³/mol. The van der Waals surface area contributed by atoms with Crippen molar-refractivity contribution in [1.82, 2.24) is 4.42 Å². The molecule has 0 amide bonds. The molecular formula is C10H12ClN. The Balaban J connectivity index is 2.11. The van der Waals surface area contributed by atoms with Crippen LogP contribution in [0.2, 0.25) is 0 Å². The summed E-state index contributed by atoms with van der Waals surface area (Å²) < 4.78 is 1.87. The molecule has 2 heteroatoms. The summed E-state index contributed by atoms with van der Waals surface area (Å²) >= 11 is 5.89. The van der Waals surface area contributed by atoms with Crippen LogP contribution in [0.15, 0.2) is 30.3 Å². The normalized spacial score (nSPS) is 24.6. The number of hydrogen-bond acceptors (Lipinski definition) is 1. The molecule has 0 saturated carbocycles. The minimum absolute atomic E-state index is 0.642. The highest BCUT2D eigenvalue weighted by molar-refractivity contribution is 6.13. The zero-order valence-corrected chi connectivity index (χ0v) is 7.67. The summed E-state index contributed by atoms with van der Waals surface area (Å²) in [5.41, 5.74) is 1.42. The van der Waals surface area contributed by atoms with E-state index in [1.807, 2.05) is 4.42 Å². The summed E-state index contributed by atoms with van der Waals surface area (Å²) in [5.74, 6) is 0.642. The second-order valence-electron chi connectivity index (χ2n) is 3.27. The molecule has 0 bridgehead atoms. The lowest BCUT2D eigenvalue weighted by atomic mass is 9.99. The molecular weight excluding hydrogens is 170 g/mol. The number of hydrogen-bond donors (Lipinski definition) is 0. The second kappa shape index (κ2) is 3.46. The van der Waals surface area contributed by atoms with E-state index in [-0.39, 0.29) is 0 Å². The molecule has 64 valence electrons. The van der Waals surface area contributed by atoms with Crippen LogP contribution >= 0.6 is 11.8 Å². The quantitative estimate of drug-likeness (QED) is 0.603. The van der Waals surface area contributed by atoms with Crippen LogP contribution in [0.1, 0.15) is 17.9 Å². The van der Waals surface area contributed by atoms with Crippen molar-refractivity contribution in [2.45, 2.75) is 12.3 Å². The molecule has 0 spiro atoms. The maximum atomic E-state index is 5.89. The Morgan fingerprint density at radius 3 is 2.58 bits per heavy atom. The second-order valence-corrected chi connectivity index (χ2v) is 3.74. The van der Waals surface area contributed by atoms with Crippen LogP contribution in [0.25, 0.3) is 0 Å². The van der Waals surface area contributed by atoms with Crippen molar-refractivity contribution in [3.05, 3.63) is 35.9 Å². The van der Waals surface area contributed by atoms with Gasteiger partial charge in [-0.1, -0.05) is 30.3 Å². The van der Waals surface area contributed by atoms with Gasteiger partial charge in [-0.2, -0.15) is 0 Å². The maximum absolute atomic E-state index is 5.89. The highest BCUT2D eigenvalue weighted by Crippen LogP contribution is 2.27. The van der Waals surface area contributed by atoms with Crippen LogP contribution in [-0.2, 0) is 0 Å². The molecule has 1 aromatic rings. The van der Waals surface area contributed by atoms with Crippen molar-refractivity contribution in [1.29, 1.82) is 0 Å². The minimum atomic E-state index is 0.642. The number of rotatable bonds is 1. The fraction of sp³-hybridized carbons (Fsp3) is 0.400. The number of halogens is 1. The molecule has 1 atom stereocenters. The highest BCUT2D eigenvalue weighted by Gasteiger charge is 2.21. The first-order valence-corrected chi connectivity index (χ1v) is 4.66. The summed E-state index contributed by atoms with van der Waals surface area (Å²) in [6.45, 7) is 2.01. The third-order valence-electron chi connectivity index (χ3n) is 2.41. The summed E-state index contributed by atoms with van der Waals surface area (Å²) in [6, 6.07) is 10.6. The van der Waals surface area contributed by atoms with E-state index >= 15 is 0 Å². The van der Waals surface area contributed by atoms with E-state index in [4.69, 9.17) is 11.8 Å². The third kappa shape index (κ3) is 1.62. The van der Waals surface area contributed by atoms with Gasteiger partial charge in [-0.25, -0.2) is 4.42 Å². The molecule has 1 heterocycles. The van der Waals surface area contributed by atoms with E-state index in [9.17, 15) is 0 Å². The summed E-state index contributed by atoms with van der Waals surface area (Å²) in [4.78, 5) is 0. The first kappa shape index (κ1) is 8.09. The molecule has 1 aliphatic rings. The van der Waals surface area contributed by atoms with Crippen LogP contribution < -0.4 is 0 Å². The Hall–Kier alpha value is -0.530. The van der Waals surface area contributed by atoms with Gasteiger partial charge in [0.25, 0.3) is 0 Å². The highest BCUT2D eigenvalue weighted by atomic mass is 35.5. The van der Waals surface area contributed by atoms with Crippen molar-refractivity contribution < 1.29 is 0 Å². The SMILES string of the molecule is ClN1CC[C@H](c2ccccc2)C1.